The van der Waals surface area contributed by atoms with Crippen molar-refractivity contribution in [2.45, 2.75) is 16.9 Å². The van der Waals surface area contributed by atoms with Gasteiger partial charge >= 0.3 is 0 Å². The zero-order chi connectivity index (χ0) is 21.3. The molecule has 0 bridgehead atoms. The topological polar surface area (TPSA) is 62.6 Å². The van der Waals surface area contributed by atoms with Crippen LogP contribution in [0.15, 0.2) is 85.1 Å². The largest absolute Gasteiger partial charge is 0.450 e. The van der Waals surface area contributed by atoms with Crippen molar-refractivity contribution in [1.82, 2.24) is 5.32 Å². The third kappa shape index (κ3) is 4.26. The fraction of sp³-hybridized carbons (Fsp3) is 0.0455. The summed E-state index contributed by atoms with van der Waals surface area (Å²) < 4.78 is 6.68. The van der Waals surface area contributed by atoms with Gasteiger partial charge in [-0.2, -0.15) is 0 Å². The van der Waals surface area contributed by atoms with E-state index in [4.69, 9.17) is 16.6 Å². The van der Waals surface area contributed by atoms with E-state index in [2.05, 4.69) is 21.2 Å². The first-order valence-electron chi connectivity index (χ1n) is 8.93. The van der Waals surface area contributed by atoms with Gasteiger partial charge < -0.3 is 4.42 Å². The Balaban J connectivity index is 1.63. The van der Waals surface area contributed by atoms with Crippen molar-refractivity contribution in [3.8, 4) is 0 Å². The number of nitrogens with one attached hydrogen (secondary N) is 1. The average molecular weight is 499 g/mol. The predicted molar refractivity (Wildman–Crippen MR) is 124 cm³/mol. The fourth-order valence-electron chi connectivity index (χ4n) is 2.96. The van der Waals surface area contributed by atoms with Gasteiger partial charge in [-0.3, -0.25) is 19.8 Å². The van der Waals surface area contributed by atoms with Gasteiger partial charge in [0.2, 0.25) is 0 Å². The lowest BCUT2D eigenvalue weighted by molar-refractivity contribution is -0.122. The minimum atomic E-state index is -0.551. The second kappa shape index (κ2) is 8.59. The molecule has 0 radical (unpaired) electrons. The van der Waals surface area contributed by atoms with Gasteiger partial charge in [-0.1, -0.05) is 45.9 Å². The number of rotatable bonds is 4. The SMILES string of the molecule is Cc1cc(Br)ccc1N1C(=O)/C(=C/c2ccc(Sc3ccccc3)o2)C(=O)NC1=S. The van der Waals surface area contributed by atoms with Crippen molar-refractivity contribution >= 4 is 68.6 Å². The van der Waals surface area contributed by atoms with Crippen LogP contribution in [0.3, 0.4) is 0 Å². The molecular weight excluding hydrogens is 484 g/mol. The van der Waals surface area contributed by atoms with Gasteiger partial charge in [0.1, 0.15) is 11.3 Å². The van der Waals surface area contributed by atoms with E-state index in [9.17, 15) is 9.59 Å². The Bertz CT molecular complexity index is 1190. The highest BCUT2D eigenvalue weighted by Crippen LogP contribution is 2.31. The molecule has 2 amide bonds. The lowest BCUT2D eigenvalue weighted by Crippen LogP contribution is -2.54. The molecule has 8 heteroatoms. The molecule has 5 nitrogen and oxygen atoms in total. The van der Waals surface area contributed by atoms with Crippen LogP contribution >= 0.6 is 39.9 Å². The molecule has 1 N–H and O–H groups in total. The van der Waals surface area contributed by atoms with Crippen LogP contribution in [0.5, 0.6) is 0 Å². The Hall–Kier alpha value is -2.68. The molecule has 0 saturated carbocycles. The first-order chi connectivity index (χ1) is 14.4. The van der Waals surface area contributed by atoms with Crippen LogP contribution < -0.4 is 10.2 Å². The molecule has 2 aromatic carbocycles. The summed E-state index contributed by atoms with van der Waals surface area (Å²) in [7, 11) is 0. The summed E-state index contributed by atoms with van der Waals surface area (Å²) in [4.78, 5) is 28.0. The summed E-state index contributed by atoms with van der Waals surface area (Å²) in [5.74, 6) is -0.639. The molecule has 1 saturated heterocycles. The molecule has 150 valence electrons. The number of thiocarbonyl (C=S) groups is 1. The maximum Gasteiger partial charge on any atom is 0.270 e. The zero-order valence-electron chi connectivity index (χ0n) is 15.7. The maximum atomic E-state index is 13.1. The van der Waals surface area contributed by atoms with Crippen LogP contribution in [-0.4, -0.2) is 16.9 Å². The van der Waals surface area contributed by atoms with E-state index in [1.165, 1.54) is 22.7 Å². The summed E-state index contributed by atoms with van der Waals surface area (Å²) in [5, 5.41) is 3.30. The molecular formula is C22H15BrN2O3S2. The summed E-state index contributed by atoms with van der Waals surface area (Å²) in [6, 6.07) is 18.8. The molecule has 1 aliphatic heterocycles. The van der Waals surface area contributed by atoms with E-state index in [1.54, 1.807) is 18.2 Å². The van der Waals surface area contributed by atoms with Crippen LogP contribution in [-0.2, 0) is 9.59 Å². The standard InChI is InChI=1S/C22H15BrN2O3S2/c1-13-11-14(23)7-9-18(13)25-21(27)17(20(26)24-22(25)29)12-15-8-10-19(28-15)30-16-5-3-2-4-6-16/h2-12H,1H3,(H,24,26,29)/b17-12+. The highest BCUT2D eigenvalue weighted by Gasteiger charge is 2.35. The zero-order valence-corrected chi connectivity index (χ0v) is 18.9. The molecule has 0 atom stereocenters. The van der Waals surface area contributed by atoms with Crippen molar-refractivity contribution in [2.75, 3.05) is 4.90 Å². The highest BCUT2D eigenvalue weighted by atomic mass is 79.9. The fourth-order valence-corrected chi connectivity index (χ4v) is 4.51. The van der Waals surface area contributed by atoms with Crippen LogP contribution in [0, 0.1) is 6.92 Å². The Morgan fingerprint density at radius 1 is 1.10 bits per heavy atom. The Morgan fingerprint density at radius 2 is 1.87 bits per heavy atom. The number of furan rings is 1. The van der Waals surface area contributed by atoms with Crippen LogP contribution in [0.4, 0.5) is 5.69 Å². The smallest absolute Gasteiger partial charge is 0.270 e. The second-order valence-corrected chi connectivity index (χ2v) is 8.84. The Morgan fingerprint density at radius 3 is 2.60 bits per heavy atom. The molecule has 4 rings (SSSR count). The Labute approximate surface area is 191 Å². The number of benzene rings is 2. The van der Waals surface area contributed by atoms with E-state index in [0.29, 0.717) is 16.5 Å². The van der Waals surface area contributed by atoms with E-state index >= 15 is 0 Å². The minimum Gasteiger partial charge on any atom is -0.450 e. The summed E-state index contributed by atoms with van der Waals surface area (Å²) >= 11 is 10.1. The van der Waals surface area contributed by atoms with Gasteiger partial charge in [0, 0.05) is 9.37 Å². The first kappa shape index (κ1) is 20.6. The van der Waals surface area contributed by atoms with Gasteiger partial charge in [0.15, 0.2) is 10.2 Å². The summed E-state index contributed by atoms with van der Waals surface area (Å²) in [6.07, 6.45) is 1.44. The number of nitrogens with zero attached hydrogens (tertiary/aromatic N) is 1. The van der Waals surface area contributed by atoms with Crippen molar-refractivity contribution in [1.29, 1.82) is 0 Å². The molecule has 1 fully saturated rings. The monoisotopic (exact) mass is 498 g/mol. The highest BCUT2D eigenvalue weighted by molar-refractivity contribution is 9.10. The number of aryl methyl sites for hydroxylation is 1. The molecule has 30 heavy (non-hydrogen) atoms. The van der Waals surface area contributed by atoms with Crippen LogP contribution in [0.1, 0.15) is 11.3 Å². The number of hydrogen-bond acceptors (Lipinski definition) is 5. The maximum absolute atomic E-state index is 13.1. The summed E-state index contributed by atoms with van der Waals surface area (Å²) in [5.41, 5.74) is 1.41. The minimum absolute atomic E-state index is 0.0449. The van der Waals surface area contributed by atoms with Gasteiger partial charge in [0.25, 0.3) is 11.8 Å². The Kier molecular flexibility index (Phi) is 5.90. The number of carbonyl (C=O) groups is 2. The lowest BCUT2D eigenvalue weighted by Gasteiger charge is -2.29. The lowest BCUT2D eigenvalue weighted by atomic mass is 10.1. The normalized spacial score (nSPS) is 15.6. The number of carbonyl (C=O) groups excluding carboxylic acids is 2. The quantitative estimate of drug-likeness (QED) is 0.299. The van der Waals surface area contributed by atoms with Gasteiger partial charge in [-0.05, 0) is 73.2 Å². The van der Waals surface area contributed by atoms with E-state index in [-0.39, 0.29) is 10.7 Å². The first-order valence-corrected chi connectivity index (χ1v) is 10.9. The van der Waals surface area contributed by atoms with Crippen molar-refractivity contribution < 1.29 is 14.0 Å². The number of anilines is 1. The predicted octanol–water partition coefficient (Wildman–Crippen LogP) is 5.33. The van der Waals surface area contributed by atoms with Gasteiger partial charge in [0.05, 0.1) is 5.69 Å². The third-order valence-corrected chi connectivity index (χ3v) is 6.06. The average Bonchev–Trinajstić information content (AvgIpc) is 3.14. The molecule has 2 heterocycles. The molecule has 1 aromatic heterocycles. The number of halogens is 1. The number of amides is 2. The van der Waals surface area contributed by atoms with Gasteiger partial charge in [-0.25, -0.2) is 0 Å². The van der Waals surface area contributed by atoms with Crippen molar-refractivity contribution in [3.63, 3.8) is 0 Å². The van der Waals surface area contributed by atoms with Crippen molar-refractivity contribution in [2.24, 2.45) is 0 Å². The molecule has 0 aliphatic carbocycles. The van der Waals surface area contributed by atoms with Crippen LogP contribution in [0.25, 0.3) is 6.08 Å². The van der Waals surface area contributed by atoms with Crippen LogP contribution in [0.2, 0.25) is 0 Å². The van der Waals surface area contributed by atoms with E-state index in [1.807, 2.05) is 49.4 Å². The molecule has 0 unspecified atom stereocenters. The molecule has 0 spiro atoms. The third-order valence-electron chi connectivity index (χ3n) is 4.35. The van der Waals surface area contributed by atoms with Crippen molar-refractivity contribution in [3.05, 3.63) is 82.0 Å². The molecule has 3 aromatic rings. The molecule has 1 aliphatic rings. The second-order valence-electron chi connectivity index (χ2n) is 6.46. The van der Waals surface area contributed by atoms with Gasteiger partial charge in [-0.15, -0.1) is 0 Å². The van der Waals surface area contributed by atoms with E-state index in [0.717, 1.165) is 14.9 Å². The number of hydrogen-bond donors (Lipinski definition) is 1. The summed E-state index contributed by atoms with van der Waals surface area (Å²) in [6.45, 7) is 1.87. The van der Waals surface area contributed by atoms with E-state index < -0.39 is 11.8 Å².